The number of carbonyl (C=O) groups is 1. The Morgan fingerprint density at radius 1 is 0.741 bits per heavy atom. The minimum atomic E-state index is -0.305. The number of hydrogen-bond donors (Lipinski definition) is 1. The van der Waals surface area contributed by atoms with Gasteiger partial charge in [0.2, 0.25) is 0 Å². The van der Waals surface area contributed by atoms with E-state index in [-0.39, 0.29) is 11.7 Å². The van der Waals surface area contributed by atoms with Crippen LogP contribution in [-0.4, -0.2) is 5.91 Å². The highest BCUT2D eigenvalue weighted by Crippen LogP contribution is 2.29. The minimum Gasteiger partial charge on any atom is -0.451 e. The number of hydrogen-bond acceptors (Lipinski definition) is 2. The van der Waals surface area contributed by atoms with Crippen LogP contribution in [0, 0.1) is 0 Å². The first kappa shape index (κ1) is 17.1. The Labute approximate surface area is 162 Å². The summed E-state index contributed by atoms with van der Waals surface area (Å²) in [6, 6.07) is 28.5. The third kappa shape index (κ3) is 3.78. The lowest BCUT2D eigenvalue weighted by atomic mass is 10.1. The number of halogens is 1. The maximum Gasteiger partial charge on any atom is 0.291 e. The Morgan fingerprint density at radius 2 is 1.41 bits per heavy atom. The number of amides is 1. The van der Waals surface area contributed by atoms with E-state index in [0.29, 0.717) is 16.5 Å². The van der Waals surface area contributed by atoms with Crippen molar-refractivity contribution in [1.29, 1.82) is 0 Å². The standard InChI is InChI=1S/C23H16ClNO2/c24-20-9-5-4-8-19(20)21-14-15-22(27-21)23(26)25-18-12-10-17(11-13-18)16-6-2-1-3-7-16/h1-15H,(H,25,26). The molecule has 0 radical (unpaired) electrons. The molecular weight excluding hydrogens is 358 g/mol. The molecule has 1 N–H and O–H groups in total. The first-order chi connectivity index (χ1) is 13.2. The number of nitrogens with one attached hydrogen (secondary N) is 1. The summed E-state index contributed by atoms with van der Waals surface area (Å²) in [6.07, 6.45) is 0. The molecule has 0 bridgehead atoms. The van der Waals surface area contributed by atoms with E-state index >= 15 is 0 Å². The highest BCUT2D eigenvalue weighted by molar-refractivity contribution is 6.33. The van der Waals surface area contributed by atoms with Crippen molar-refractivity contribution in [3.05, 3.63) is 102 Å². The second-order valence-electron chi connectivity index (χ2n) is 6.04. The SMILES string of the molecule is O=C(Nc1ccc(-c2ccccc2)cc1)c1ccc(-c2ccccc2Cl)o1. The summed E-state index contributed by atoms with van der Waals surface area (Å²) in [6.45, 7) is 0. The second kappa shape index (κ2) is 7.52. The molecule has 0 saturated heterocycles. The number of furan rings is 1. The van der Waals surface area contributed by atoms with Crippen molar-refractivity contribution in [1.82, 2.24) is 0 Å². The van der Waals surface area contributed by atoms with Gasteiger partial charge in [0, 0.05) is 11.3 Å². The van der Waals surface area contributed by atoms with Gasteiger partial charge in [-0.25, -0.2) is 0 Å². The van der Waals surface area contributed by atoms with Crippen molar-refractivity contribution < 1.29 is 9.21 Å². The Balaban J connectivity index is 1.49. The molecule has 4 heteroatoms. The van der Waals surface area contributed by atoms with Crippen molar-refractivity contribution in [3.8, 4) is 22.5 Å². The zero-order valence-electron chi connectivity index (χ0n) is 14.4. The van der Waals surface area contributed by atoms with Crippen LogP contribution in [0.1, 0.15) is 10.6 Å². The molecule has 1 aromatic heterocycles. The third-order valence-corrected chi connectivity index (χ3v) is 4.55. The summed E-state index contributed by atoms with van der Waals surface area (Å²) in [5.74, 6) is 0.489. The van der Waals surface area contributed by atoms with Crippen LogP contribution in [0.4, 0.5) is 5.69 Å². The highest BCUT2D eigenvalue weighted by Gasteiger charge is 2.14. The summed E-state index contributed by atoms with van der Waals surface area (Å²) in [5, 5.41) is 3.43. The smallest absolute Gasteiger partial charge is 0.291 e. The van der Waals surface area contributed by atoms with Crippen LogP contribution in [0.15, 0.2) is 95.4 Å². The van der Waals surface area contributed by atoms with E-state index in [4.69, 9.17) is 16.0 Å². The Kier molecular flexibility index (Phi) is 4.77. The summed E-state index contributed by atoms with van der Waals surface area (Å²) in [7, 11) is 0. The molecule has 0 aliphatic carbocycles. The van der Waals surface area contributed by atoms with Gasteiger partial charge < -0.3 is 9.73 Å². The molecular formula is C23H16ClNO2. The number of rotatable bonds is 4. The van der Waals surface area contributed by atoms with Crippen LogP contribution in [0.2, 0.25) is 5.02 Å². The van der Waals surface area contributed by atoms with Gasteiger partial charge in [-0.15, -0.1) is 0 Å². The fourth-order valence-corrected chi connectivity index (χ4v) is 3.06. The Bertz CT molecular complexity index is 1070. The predicted octanol–water partition coefficient (Wildman–Crippen LogP) is 6.52. The van der Waals surface area contributed by atoms with Crippen molar-refractivity contribution in [2.75, 3.05) is 5.32 Å². The maximum absolute atomic E-state index is 12.5. The third-order valence-electron chi connectivity index (χ3n) is 4.22. The lowest BCUT2D eigenvalue weighted by Gasteiger charge is -2.06. The summed E-state index contributed by atoms with van der Waals surface area (Å²) >= 11 is 6.18. The van der Waals surface area contributed by atoms with E-state index in [0.717, 1.165) is 16.7 Å². The summed E-state index contributed by atoms with van der Waals surface area (Å²) in [5.41, 5.74) is 3.68. The van der Waals surface area contributed by atoms with Crippen LogP contribution in [0.5, 0.6) is 0 Å². The van der Waals surface area contributed by atoms with Gasteiger partial charge in [0.05, 0.1) is 5.02 Å². The number of benzene rings is 3. The molecule has 1 heterocycles. The van der Waals surface area contributed by atoms with Gasteiger partial charge in [0.25, 0.3) is 5.91 Å². The van der Waals surface area contributed by atoms with Gasteiger partial charge in [-0.1, -0.05) is 66.2 Å². The van der Waals surface area contributed by atoms with E-state index in [1.807, 2.05) is 72.8 Å². The molecule has 4 rings (SSSR count). The van der Waals surface area contributed by atoms with Gasteiger partial charge in [-0.05, 0) is 47.5 Å². The molecule has 27 heavy (non-hydrogen) atoms. The molecule has 0 fully saturated rings. The van der Waals surface area contributed by atoms with Gasteiger partial charge >= 0.3 is 0 Å². The van der Waals surface area contributed by atoms with E-state index in [1.54, 1.807) is 18.2 Å². The molecule has 0 saturated carbocycles. The topological polar surface area (TPSA) is 42.2 Å². The first-order valence-electron chi connectivity index (χ1n) is 8.52. The van der Waals surface area contributed by atoms with Gasteiger partial charge in [0.15, 0.2) is 5.76 Å². The van der Waals surface area contributed by atoms with Crippen LogP contribution in [0.3, 0.4) is 0 Å². The lowest BCUT2D eigenvalue weighted by molar-refractivity contribution is 0.0997. The van der Waals surface area contributed by atoms with E-state index in [1.165, 1.54) is 0 Å². The summed E-state index contributed by atoms with van der Waals surface area (Å²) in [4.78, 5) is 12.5. The first-order valence-corrected chi connectivity index (χ1v) is 8.90. The summed E-state index contributed by atoms with van der Waals surface area (Å²) < 4.78 is 5.68. The van der Waals surface area contributed by atoms with Crippen molar-refractivity contribution >= 4 is 23.2 Å². The molecule has 3 nitrogen and oxygen atoms in total. The van der Waals surface area contributed by atoms with Crippen LogP contribution >= 0.6 is 11.6 Å². The molecule has 0 aliphatic heterocycles. The molecule has 0 atom stereocenters. The van der Waals surface area contributed by atoms with Gasteiger partial charge in [-0.2, -0.15) is 0 Å². The Hall–Kier alpha value is -3.30. The van der Waals surface area contributed by atoms with Gasteiger partial charge in [-0.3, -0.25) is 4.79 Å². The average Bonchev–Trinajstić information content (AvgIpc) is 3.20. The average molecular weight is 374 g/mol. The van der Waals surface area contributed by atoms with Crippen molar-refractivity contribution in [2.45, 2.75) is 0 Å². The maximum atomic E-state index is 12.5. The van der Waals surface area contributed by atoms with Crippen molar-refractivity contribution in [3.63, 3.8) is 0 Å². The molecule has 1 amide bonds. The Morgan fingerprint density at radius 3 is 2.15 bits per heavy atom. The molecule has 0 spiro atoms. The van der Waals surface area contributed by atoms with Gasteiger partial charge in [0.1, 0.15) is 5.76 Å². The molecule has 0 aliphatic rings. The number of carbonyl (C=O) groups excluding carboxylic acids is 1. The lowest BCUT2D eigenvalue weighted by Crippen LogP contribution is -2.10. The van der Waals surface area contributed by atoms with E-state index in [9.17, 15) is 4.79 Å². The molecule has 4 aromatic rings. The van der Waals surface area contributed by atoms with Crippen molar-refractivity contribution in [2.24, 2.45) is 0 Å². The molecule has 132 valence electrons. The number of anilines is 1. The highest BCUT2D eigenvalue weighted by atomic mass is 35.5. The van der Waals surface area contributed by atoms with Crippen LogP contribution < -0.4 is 5.32 Å². The minimum absolute atomic E-state index is 0.233. The fraction of sp³-hybridized carbons (Fsp3) is 0. The largest absolute Gasteiger partial charge is 0.451 e. The zero-order chi connectivity index (χ0) is 18.6. The van der Waals surface area contributed by atoms with Crippen LogP contribution in [0.25, 0.3) is 22.5 Å². The molecule has 3 aromatic carbocycles. The zero-order valence-corrected chi connectivity index (χ0v) is 15.1. The quantitative estimate of drug-likeness (QED) is 0.442. The predicted molar refractivity (Wildman–Crippen MR) is 109 cm³/mol. The van der Waals surface area contributed by atoms with E-state index in [2.05, 4.69) is 5.32 Å². The second-order valence-corrected chi connectivity index (χ2v) is 6.45. The normalized spacial score (nSPS) is 10.6. The van der Waals surface area contributed by atoms with Crippen LogP contribution in [-0.2, 0) is 0 Å². The monoisotopic (exact) mass is 373 g/mol. The fourth-order valence-electron chi connectivity index (χ4n) is 2.84. The molecule has 0 unspecified atom stereocenters. The van der Waals surface area contributed by atoms with E-state index < -0.39 is 0 Å².